The van der Waals surface area contributed by atoms with E-state index in [0.717, 1.165) is 5.57 Å². The fourth-order valence-electron chi connectivity index (χ4n) is 0.369. The molecule has 2 nitrogen and oxygen atoms in total. The van der Waals surface area contributed by atoms with Gasteiger partial charge in [0.05, 0.1) is 22.9 Å². The number of hydrogen-bond acceptors (Lipinski definition) is 2. The Morgan fingerprint density at radius 1 is 1.60 bits per heavy atom. The Morgan fingerprint density at radius 2 is 2.20 bits per heavy atom. The van der Waals surface area contributed by atoms with Gasteiger partial charge < -0.3 is 5.11 Å². The molecule has 10 heavy (non-hydrogen) atoms. The van der Waals surface area contributed by atoms with Crippen molar-refractivity contribution in [3.63, 3.8) is 0 Å². The van der Waals surface area contributed by atoms with E-state index in [9.17, 15) is 0 Å². The van der Waals surface area contributed by atoms with Crippen molar-refractivity contribution < 1.29 is 5.11 Å². The molecule has 0 saturated heterocycles. The van der Waals surface area contributed by atoms with Gasteiger partial charge in [0.25, 0.3) is 0 Å². The van der Waals surface area contributed by atoms with E-state index in [1.807, 2.05) is 22.9 Å². The van der Waals surface area contributed by atoms with E-state index in [1.54, 1.807) is 23.3 Å². The molecule has 0 heterocycles. The molecule has 0 aromatic carbocycles. The number of allylic oxidation sites excluding steroid dienone is 2. The van der Waals surface area contributed by atoms with Crippen LogP contribution in [0.3, 0.4) is 0 Å². The second kappa shape index (κ2) is 6.14. The van der Waals surface area contributed by atoms with E-state index in [0.29, 0.717) is 0 Å². The average molecular weight is 363 g/mol. The SMILES string of the molecule is C/C=C(O)\C(C=NI)=C/I. The van der Waals surface area contributed by atoms with Crippen molar-refractivity contribution in [2.75, 3.05) is 0 Å². The van der Waals surface area contributed by atoms with E-state index in [4.69, 9.17) is 5.11 Å². The van der Waals surface area contributed by atoms with Gasteiger partial charge in [0.2, 0.25) is 0 Å². The van der Waals surface area contributed by atoms with Crippen LogP contribution in [0.2, 0.25) is 0 Å². The lowest BCUT2D eigenvalue weighted by atomic mass is 10.3. The van der Waals surface area contributed by atoms with Gasteiger partial charge in [-0.1, -0.05) is 22.6 Å². The van der Waals surface area contributed by atoms with E-state index in [1.165, 1.54) is 0 Å². The van der Waals surface area contributed by atoms with Crippen LogP contribution in [0.5, 0.6) is 0 Å². The van der Waals surface area contributed by atoms with Crippen LogP contribution in [0.1, 0.15) is 6.92 Å². The molecule has 0 amide bonds. The smallest absolute Gasteiger partial charge is 0.120 e. The van der Waals surface area contributed by atoms with Crippen LogP contribution < -0.4 is 0 Å². The number of aliphatic hydroxyl groups is 1. The summed E-state index contributed by atoms with van der Waals surface area (Å²) in [6.07, 6.45) is 3.23. The lowest BCUT2D eigenvalue weighted by Gasteiger charge is -1.94. The number of nitrogens with zero attached hydrogens (tertiary/aromatic N) is 1. The molecule has 0 aliphatic rings. The van der Waals surface area contributed by atoms with E-state index < -0.39 is 0 Å². The first-order valence-electron chi connectivity index (χ1n) is 2.56. The maximum Gasteiger partial charge on any atom is 0.120 e. The summed E-state index contributed by atoms with van der Waals surface area (Å²) in [5.41, 5.74) is 0.734. The molecule has 0 saturated carbocycles. The fraction of sp³-hybridized carbons (Fsp3) is 0.167. The highest BCUT2D eigenvalue weighted by Crippen LogP contribution is 2.07. The monoisotopic (exact) mass is 363 g/mol. The molecular weight excluding hydrogens is 356 g/mol. The van der Waals surface area contributed by atoms with E-state index >= 15 is 0 Å². The summed E-state index contributed by atoms with van der Waals surface area (Å²) < 4.78 is 5.52. The van der Waals surface area contributed by atoms with Crippen molar-refractivity contribution in [2.45, 2.75) is 6.92 Å². The molecule has 0 rings (SSSR count). The Kier molecular flexibility index (Phi) is 6.39. The second-order valence-electron chi connectivity index (χ2n) is 1.47. The van der Waals surface area contributed by atoms with Crippen LogP contribution in [0.25, 0.3) is 0 Å². The first-order chi connectivity index (χ1) is 4.76. The summed E-state index contributed by atoms with van der Waals surface area (Å²) >= 11 is 3.92. The maximum atomic E-state index is 9.14. The summed E-state index contributed by atoms with van der Waals surface area (Å²) in [7, 11) is 0. The van der Waals surface area contributed by atoms with Crippen molar-refractivity contribution in [3.05, 3.63) is 21.5 Å². The van der Waals surface area contributed by atoms with Crippen LogP contribution in [0.4, 0.5) is 0 Å². The summed E-state index contributed by atoms with van der Waals surface area (Å²) in [4.78, 5) is 0. The lowest BCUT2D eigenvalue weighted by molar-refractivity contribution is 0.428. The van der Waals surface area contributed by atoms with Gasteiger partial charge in [-0.15, -0.1) is 0 Å². The van der Waals surface area contributed by atoms with Gasteiger partial charge in [-0.05, 0) is 17.1 Å². The van der Waals surface area contributed by atoms with Crippen molar-refractivity contribution in [1.29, 1.82) is 0 Å². The molecule has 0 unspecified atom stereocenters. The Morgan fingerprint density at radius 3 is 2.50 bits per heavy atom. The highest BCUT2D eigenvalue weighted by molar-refractivity contribution is 14.1. The van der Waals surface area contributed by atoms with Crippen LogP contribution >= 0.6 is 45.5 Å². The molecule has 1 N–H and O–H groups in total. The number of aliphatic hydroxyl groups excluding tert-OH is 1. The zero-order chi connectivity index (χ0) is 7.98. The molecule has 0 atom stereocenters. The summed E-state index contributed by atoms with van der Waals surface area (Å²) in [6, 6.07) is 0. The second-order valence-corrected chi connectivity index (χ2v) is 2.64. The molecule has 0 aliphatic heterocycles. The Labute approximate surface area is 87.8 Å². The zero-order valence-corrected chi connectivity index (χ0v) is 9.70. The highest BCUT2D eigenvalue weighted by atomic mass is 127. The Bertz CT molecular complexity index is 184. The third-order valence-corrected chi connectivity index (χ3v) is 1.82. The van der Waals surface area contributed by atoms with Gasteiger partial charge in [-0.25, -0.2) is 3.21 Å². The quantitative estimate of drug-likeness (QED) is 0.348. The number of rotatable bonds is 2. The fourth-order valence-corrected chi connectivity index (χ4v) is 1.15. The van der Waals surface area contributed by atoms with Crippen LogP contribution in [0, 0.1) is 0 Å². The van der Waals surface area contributed by atoms with Gasteiger partial charge >= 0.3 is 0 Å². The van der Waals surface area contributed by atoms with Gasteiger partial charge in [0.1, 0.15) is 5.76 Å². The first kappa shape index (κ1) is 10.4. The normalized spacial score (nSPS) is 14.7. The molecule has 56 valence electrons. The molecule has 0 fully saturated rings. The van der Waals surface area contributed by atoms with Gasteiger partial charge in [0, 0.05) is 11.8 Å². The molecule has 0 spiro atoms. The van der Waals surface area contributed by atoms with Crippen LogP contribution in [0.15, 0.2) is 24.7 Å². The summed E-state index contributed by atoms with van der Waals surface area (Å²) in [6.45, 7) is 1.77. The molecule has 0 radical (unpaired) electrons. The molecular formula is C6H7I2NO. The topological polar surface area (TPSA) is 32.6 Å². The largest absolute Gasteiger partial charge is 0.508 e. The predicted octanol–water partition coefficient (Wildman–Crippen LogP) is 3.19. The highest BCUT2D eigenvalue weighted by Gasteiger charge is 1.95. The lowest BCUT2D eigenvalue weighted by Crippen LogP contribution is -1.86. The van der Waals surface area contributed by atoms with Crippen LogP contribution in [-0.2, 0) is 0 Å². The third kappa shape index (κ3) is 3.55. The molecule has 0 aromatic heterocycles. The average Bonchev–Trinajstić information content (AvgIpc) is 1.99. The Balaban J connectivity index is 4.39. The molecule has 0 aliphatic carbocycles. The number of halogens is 2. The van der Waals surface area contributed by atoms with Crippen LogP contribution in [-0.4, -0.2) is 11.3 Å². The van der Waals surface area contributed by atoms with Crippen molar-refractivity contribution in [3.8, 4) is 0 Å². The maximum absolute atomic E-state index is 9.14. The summed E-state index contributed by atoms with van der Waals surface area (Å²) in [5, 5.41) is 9.14. The van der Waals surface area contributed by atoms with E-state index in [-0.39, 0.29) is 5.76 Å². The molecule has 0 aromatic rings. The first-order valence-corrected chi connectivity index (χ1v) is 4.77. The Hall–Kier alpha value is 0.410. The van der Waals surface area contributed by atoms with Crippen molar-refractivity contribution in [1.82, 2.24) is 0 Å². The minimum absolute atomic E-state index is 0.259. The minimum Gasteiger partial charge on any atom is -0.508 e. The predicted molar refractivity (Wildman–Crippen MR) is 61.0 cm³/mol. The zero-order valence-electron chi connectivity index (χ0n) is 5.38. The van der Waals surface area contributed by atoms with Crippen molar-refractivity contribution in [2.24, 2.45) is 3.21 Å². The number of hydrogen-bond donors (Lipinski definition) is 1. The van der Waals surface area contributed by atoms with Gasteiger partial charge in [-0.2, -0.15) is 0 Å². The summed E-state index contributed by atoms with van der Waals surface area (Å²) in [5.74, 6) is 0.259. The molecule has 0 bridgehead atoms. The standard InChI is InChI=1S/C6H7I2NO/c1-2-6(10)5(3-7)4-9-8/h2-4,10H,1H3/b5-3-,6-2+,9-4?. The van der Waals surface area contributed by atoms with E-state index in [2.05, 4.69) is 25.8 Å². The molecule has 4 heteroatoms. The van der Waals surface area contributed by atoms with Crippen molar-refractivity contribution >= 4 is 51.7 Å². The third-order valence-electron chi connectivity index (χ3n) is 0.875. The van der Waals surface area contributed by atoms with Gasteiger partial charge in [0.15, 0.2) is 0 Å². The van der Waals surface area contributed by atoms with Gasteiger partial charge in [-0.3, -0.25) is 0 Å². The minimum atomic E-state index is 0.259.